The molecule has 0 fully saturated rings. The molecule has 5 rings (SSSR count). The smallest absolute Gasteiger partial charge is 0.272 e. The van der Waals surface area contributed by atoms with Crippen molar-refractivity contribution in [3.8, 4) is 17.2 Å². The van der Waals surface area contributed by atoms with Crippen molar-refractivity contribution in [2.24, 2.45) is 0 Å². The van der Waals surface area contributed by atoms with E-state index < -0.39 is 0 Å². The first-order chi connectivity index (χ1) is 14.7. The van der Waals surface area contributed by atoms with E-state index in [1.54, 1.807) is 13.2 Å². The number of amides is 1. The Morgan fingerprint density at radius 3 is 2.97 bits per heavy atom. The Labute approximate surface area is 173 Å². The number of hydrogen-bond acceptors (Lipinski definition) is 6. The highest BCUT2D eigenvalue weighted by Gasteiger charge is 2.26. The topological polar surface area (TPSA) is 83.8 Å². The lowest BCUT2D eigenvalue weighted by Gasteiger charge is -2.24. The summed E-state index contributed by atoms with van der Waals surface area (Å²) < 4.78 is 24.0. The molecule has 1 N–H and O–H groups in total. The number of carbonyl (C=O) groups is 1. The summed E-state index contributed by atoms with van der Waals surface area (Å²) in [5.41, 5.74) is 3.13. The van der Waals surface area contributed by atoms with Gasteiger partial charge in [0.1, 0.15) is 11.9 Å². The highest BCUT2D eigenvalue weighted by molar-refractivity contribution is 5.92. The monoisotopic (exact) mass is 407 g/mol. The summed E-state index contributed by atoms with van der Waals surface area (Å²) >= 11 is 0. The Hall–Kier alpha value is -3.52. The van der Waals surface area contributed by atoms with Crippen LogP contribution in [-0.2, 0) is 24.4 Å². The highest BCUT2D eigenvalue weighted by Crippen LogP contribution is 2.36. The second-order valence-electron chi connectivity index (χ2n) is 7.11. The molecule has 0 saturated heterocycles. The molecule has 0 aliphatic carbocycles. The molecule has 1 unspecified atom stereocenters. The van der Waals surface area contributed by atoms with Crippen molar-refractivity contribution in [3.05, 3.63) is 71.0 Å². The minimum atomic E-state index is -0.234. The van der Waals surface area contributed by atoms with E-state index >= 15 is 0 Å². The van der Waals surface area contributed by atoms with E-state index in [1.807, 2.05) is 47.1 Å². The first-order valence-electron chi connectivity index (χ1n) is 9.69. The fraction of sp³-hybridized carbons (Fsp3) is 0.273. The first kappa shape index (κ1) is 18.5. The average molecular weight is 407 g/mol. The van der Waals surface area contributed by atoms with Gasteiger partial charge in [0.25, 0.3) is 5.91 Å². The van der Waals surface area contributed by atoms with Crippen LogP contribution in [0.3, 0.4) is 0 Å². The number of hydrogen-bond donors (Lipinski definition) is 1. The zero-order chi connectivity index (χ0) is 20.5. The summed E-state index contributed by atoms with van der Waals surface area (Å²) in [6.07, 6.45) is -0.170. The summed E-state index contributed by atoms with van der Waals surface area (Å²) in [5.74, 6) is 1.96. The predicted octanol–water partition coefficient (Wildman–Crippen LogP) is 2.82. The van der Waals surface area contributed by atoms with Crippen LogP contribution >= 0.6 is 0 Å². The van der Waals surface area contributed by atoms with Crippen LogP contribution in [0.4, 0.5) is 0 Å². The molecular formula is C22H21N3O5. The normalized spacial score (nSPS) is 16.8. The van der Waals surface area contributed by atoms with E-state index in [4.69, 9.17) is 18.9 Å². The predicted molar refractivity (Wildman–Crippen MR) is 106 cm³/mol. The van der Waals surface area contributed by atoms with E-state index in [-0.39, 0.29) is 18.8 Å². The SMILES string of the molecule is COc1ccccc1CNC(=O)c1cc2n(n1)CC(c1ccc3c(c1)OCO3)OC2. The van der Waals surface area contributed by atoms with Gasteiger partial charge in [0.15, 0.2) is 17.2 Å². The second-order valence-corrected chi connectivity index (χ2v) is 7.11. The molecule has 1 amide bonds. The van der Waals surface area contributed by atoms with Gasteiger partial charge in [0, 0.05) is 12.1 Å². The Morgan fingerprint density at radius 2 is 2.07 bits per heavy atom. The van der Waals surface area contributed by atoms with Gasteiger partial charge in [-0.25, -0.2) is 0 Å². The molecule has 30 heavy (non-hydrogen) atoms. The molecule has 8 nitrogen and oxygen atoms in total. The second kappa shape index (κ2) is 7.72. The van der Waals surface area contributed by atoms with Crippen LogP contribution in [0, 0.1) is 0 Å². The summed E-state index contributed by atoms with van der Waals surface area (Å²) in [4.78, 5) is 12.6. The van der Waals surface area contributed by atoms with Gasteiger partial charge in [-0.3, -0.25) is 9.48 Å². The van der Waals surface area contributed by atoms with Gasteiger partial charge in [0.05, 0.1) is 26.0 Å². The van der Waals surface area contributed by atoms with E-state index in [0.29, 0.717) is 25.4 Å². The third-order valence-electron chi connectivity index (χ3n) is 5.27. The van der Waals surface area contributed by atoms with Gasteiger partial charge in [-0.05, 0) is 29.8 Å². The zero-order valence-electron chi connectivity index (χ0n) is 16.5. The molecular weight excluding hydrogens is 386 g/mol. The molecule has 8 heteroatoms. The number of aromatic nitrogens is 2. The molecule has 2 aliphatic heterocycles. The molecule has 0 spiro atoms. The maximum Gasteiger partial charge on any atom is 0.272 e. The number of methoxy groups -OCH3 is 1. The van der Waals surface area contributed by atoms with E-state index in [2.05, 4.69) is 10.4 Å². The average Bonchev–Trinajstić information content (AvgIpc) is 3.43. The van der Waals surface area contributed by atoms with Gasteiger partial charge < -0.3 is 24.3 Å². The van der Waals surface area contributed by atoms with E-state index in [9.17, 15) is 4.79 Å². The Morgan fingerprint density at radius 1 is 1.20 bits per heavy atom. The van der Waals surface area contributed by atoms with Crippen molar-refractivity contribution in [1.29, 1.82) is 0 Å². The molecule has 0 saturated carbocycles. The molecule has 2 aliphatic rings. The summed E-state index contributed by atoms with van der Waals surface area (Å²) in [6.45, 7) is 1.50. The van der Waals surface area contributed by atoms with Crippen LogP contribution in [0.5, 0.6) is 17.2 Å². The zero-order valence-corrected chi connectivity index (χ0v) is 16.5. The molecule has 3 aromatic rings. The third kappa shape index (κ3) is 3.46. The summed E-state index contributed by atoms with van der Waals surface area (Å²) in [6, 6.07) is 15.1. The lowest BCUT2D eigenvalue weighted by Crippen LogP contribution is -2.24. The maximum absolute atomic E-state index is 12.6. The van der Waals surface area contributed by atoms with Crippen molar-refractivity contribution >= 4 is 5.91 Å². The van der Waals surface area contributed by atoms with Crippen LogP contribution in [0.2, 0.25) is 0 Å². The van der Waals surface area contributed by atoms with Crippen molar-refractivity contribution in [2.45, 2.75) is 25.8 Å². The third-order valence-corrected chi connectivity index (χ3v) is 5.27. The number of benzene rings is 2. The Balaban J connectivity index is 1.27. The molecule has 154 valence electrons. The van der Waals surface area contributed by atoms with Crippen LogP contribution < -0.4 is 19.5 Å². The van der Waals surface area contributed by atoms with Crippen molar-refractivity contribution in [1.82, 2.24) is 15.1 Å². The molecule has 0 radical (unpaired) electrons. The number of carbonyl (C=O) groups excluding carboxylic acids is 1. The molecule has 1 aromatic heterocycles. The van der Waals surface area contributed by atoms with Gasteiger partial charge in [-0.15, -0.1) is 0 Å². The van der Waals surface area contributed by atoms with Gasteiger partial charge in [-0.1, -0.05) is 24.3 Å². The van der Waals surface area contributed by atoms with Gasteiger partial charge in [-0.2, -0.15) is 5.10 Å². The van der Waals surface area contributed by atoms with Crippen molar-refractivity contribution in [2.75, 3.05) is 13.9 Å². The van der Waals surface area contributed by atoms with E-state index in [1.165, 1.54) is 0 Å². The maximum atomic E-state index is 12.6. The lowest BCUT2D eigenvalue weighted by atomic mass is 10.1. The standard InChI is InChI=1S/C22H21N3O5/c1-27-18-5-3-2-4-15(18)10-23-22(26)17-9-16-12-28-21(11-25(16)24-17)14-6-7-19-20(8-14)30-13-29-19/h2-9,21H,10-13H2,1H3,(H,23,26). The van der Waals surface area contributed by atoms with Crippen LogP contribution in [-0.4, -0.2) is 29.6 Å². The fourth-order valence-electron chi connectivity index (χ4n) is 3.67. The van der Waals surface area contributed by atoms with Crippen LogP contribution in [0.25, 0.3) is 0 Å². The molecule has 3 heterocycles. The van der Waals surface area contributed by atoms with Gasteiger partial charge in [0.2, 0.25) is 6.79 Å². The molecule has 2 aromatic carbocycles. The Kier molecular flexibility index (Phi) is 4.76. The number of ether oxygens (including phenoxy) is 4. The number of para-hydroxylation sites is 1. The van der Waals surface area contributed by atoms with Gasteiger partial charge >= 0.3 is 0 Å². The Bertz CT molecular complexity index is 1090. The number of nitrogens with zero attached hydrogens (tertiary/aromatic N) is 2. The summed E-state index contributed by atoms with van der Waals surface area (Å²) in [7, 11) is 1.61. The number of nitrogens with one attached hydrogen (secondary N) is 1. The minimum absolute atomic E-state index is 0.170. The largest absolute Gasteiger partial charge is 0.496 e. The van der Waals surface area contributed by atoms with Crippen LogP contribution in [0.15, 0.2) is 48.5 Å². The minimum Gasteiger partial charge on any atom is -0.496 e. The van der Waals surface area contributed by atoms with Crippen molar-refractivity contribution in [3.63, 3.8) is 0 Å². The van der Waals surface area contributed by atoms with Crippen molar-refractivity contribution < 1.29 is 23.7 Å². The highest BCUT2D eigenvalue weighted by atomic mass is 16.7. The first-order valence-corrected chi connectivity index (χ1v) is 9.69. The fourth-order valence-corrected chi connectivity index (χ4v) is 3.67. The number of rotatable bonds is 5. The van der Waals surface area contributed by atoms with Crippen LogP contribution in [0.1, 0.15) is 33.4 Å². The summed E-state index contributed by atoms with van der Waals surface area (Å²) in [5, 5.41) is 7.40. The molecule has 1 atom stereocenters. The molecule has 0 bridgehead atoms. The number of fused-ring (bicyclic) bond motifs is 2. The lowest BCUT2D eigenvalue weighted by molar-refractivity contribution is -0.00128. The van der Waals surface area contributed by atoms with E-state index in [0.717, 1.165) is 34.1 Å². The quantitative estimate of drug-likeness (QED) is 0.700.